The highest BCUT2D eigenvalue weighted by Crippen LogP contribution is 2.21. The van der Waals surface area contributed by atoms with Gasteiger partial charge in [-0.1, -0.05) is 28.1 Å². The molecular formula is C19H21BrN2O3. The summed E-state index contributed by atoms with van der Waals surface area (Å²) in [7, 11) is 1.63. The number of hydrogen-bond acceptors (Lipinski definition) is 4. The van der Waals surface area contributed by atoms with Gasteiger partial charge >= 0.3 is 0 Å². The Morgan fingerprint density at radius 3 is 2.56 bits per heavy atom. The molecule has 1 amide bonds. The Balaban J connectivity index is 1.81. The van der Waals surface area contributed by atoms with Gasteiger partial charge in [-0.25, -0.2) is 5.43 Å². The zero-order valence-electron chi connectivity index (χ0n) is 14.5. The molecule has 0 spiro atoms. The summed E-state index contributed by atoms with van der Waals surface area (Å²) in [6.07, 6.45) is 0.650. The maximum absolute atomic E-state index is 11.9. The first kappa shape index (κ1) is 19.0. The molecule has 0 fully saturated rings. The molecule has 0 aliphatic rings. The third-order valence-electron chi connectivity index (χ3n) is 3.49. The second kappa shape index (κ2) is 9.22. The maximum atomic E-state index is 11.9. The number of halogens is 1. The molecule has 0 saturated carbocycles. The highest BCUT2D eigenvalue weighted by Gasteiger charge is 2.05. The summed E-state index contributed by atoms with van der Waals surface area (Å²) in [4.78, 5) is 11.9. The van der Waals surface area contributed by atoms with Crippen molar-refractivity contribution < 1.29 is 14.3 Å². The topological polar surface area (TPSA) is 59.9 Å². The first-order chi connectivity index (χ1) is 12.0. The molecule has 0 heterocycles. The number of carbonyl (C=O) groups is 1. The maximum Gasteiger partial charge on any atom is 0.277 e. The molecule has 2 aromatic carbocycles. The summed E-state index contributed by atoms with van der Waals surface area (Å²) in [5.41, 5.74) is 5.38. The summed E-state index contributed by atoms with van der Waals surface area (Å²) in [5, 5.41) is 4.11. The van der Waals surface area contributed by atoms with Gasteiger partial charge in [0, 0.05) is 16.6 Å². The molecule has 0 unspecified atom stereocenters. The van der Waals surface area contributed by atoms with E-state index in [9.17, 15) is 4.79 Å². The van der Waals surface area contributed by atoms with Crippen LogP contribution in [-0.4, -0.2) is 25.3 Å². The van der Waals surface area contributed by atoms with Crippen molar-refractivity contribution in [2.75, 3.05) is 13.7 Å². The van der Waals surface area contributed by atoms with Gasteiger partial charge in [0.15, 0.2) is 6.61 Å². The van der Waals surface area contributed by atoms with Crippen LogP contribution >= 0.6 is 15.9 Å². The SMILES string of the molecule is COc1ccc(C/C(C)=N/NC(=O)COc2ccc(Br)cc2C)cc1. The van der Waals surface area contributed by atoms with Crippen LogP contribution in [-0.2, 0) is 11.2 Å². The average molecular weight is 405 g/mol. The van der Waals surface area contributed by atoms with Gasteiger partial charge < -0.3 is 9.47 Å². The summed E-state index contributed by atoms with van der Waals surface area (Å²) < 4.78 is 11.6. The molecule has 25 heavy (non-hydrogen) atoms. The van der Waals surface area contributed by atoms with Crippen molar-refractivity contribution in [3.05, 3.63) is 58.1 Å². The fourth-order valence-electron chi connectivity index (χ4n) is 2.19. The molecule has 0 saturated heterocycles. The van der Waals surface area contributed by atoms with E-state index in [-0.39, 0.29) is 12.5 Å². The van der Waals surface area contributed by atoms with E-state index >= 15 is 0 Å². The summed E-state index contributed by atoms with van der Waals surface area (Å²) >= 11 is 3.39. The van der Waals surface area contributed by atoms with Crippen LogP contribution < -0.4 is 14.9 Å². The van der Waals surface area contributed by atoms with E-state index in [1.54, 1.807) is 7.11 Å². The fraction of sp³-hybridized carbons (Fsp3) is 0.263. The lowest BCUT2D eigenvalue weighted by molar-refractivity contribution is -0.123. The fourth-order valence-corrected chi connectivity index (χ4v) is 2.66. The van der Waals surface area contributed by atoms with Gasteiger partial charge in [0.2, 0.25) is 0 Å². The Labute approximate surface area is 156 Å². The molecule has 0 radical (unpaired) electrons. The number of nitrogens with zero attached hydrogens (tertiary/aromatic N) is 1. The number of methoxy groups -OCH3 is 1. The number of hydrazone groups is 1. The molecule has 0 bridgehead atoms. The number of ether oxygens (including phenoxy) is 2. The molecule has 1 N–H and O–H groups in total. The molecule has 0 aliphatic heterocycles. The summed E-state index contributed by atoms with van der Waals surface area (Å²) in [6.45, 7) is 3.71. The molecule has 0 aromatic heterocycles. The average Bonchev–Trinajstić information content (AvgIpc) is 2.60. The molecule has 6 heteroatoms. The quantitative estimate of drug-likeness (QED) is 0.562. The van der Waals surface area contributed by atoms with Gasteiger partial charge in [0.05, 0.1) is 7.11 Å². The molecule has 0 atom stereocenters. The number of rotatable bonds is 7. The van der Waals surface area contributed by atoms with Gasteiger partial charge in [-0.2, -0.15) is 5.10 Å². The Morgan fingerprint density at radius 1 is 1.20 bits per heavy atom. The van der Waals surface area contributed by atoms with E-state index in [0.717, 1.165) is 27.1 Å². The molecular weight excluding hydrogens is 384 g/mol. The molecule has 132 valence electrons. The lowest BCUT2D eigenvalue weighted by Crippen LogP contribution is -2.25. The van der Waals surface area contributed by atoms with Crippen molar-refractivity contribution in [3.63, 3.8) is 0 Å². The summed E-state index contributed by atoms with van der Waals surface area (Å²) in [5.74, 6) is 1.20. The minimum atomic E-state index is -0.295. The van der Waals surface area contributed by atoms with Crippen molar-refractivity contribution in [1.29, 1.82) is 0 Å². The van der Waals surface area contributed by atoms with Crippen LogP contribution in [0.2, 0.25) is 0 Å². The smallest absolute Gasteiger partial charge is 0.277 e. The van der Waals surface area contributed by atoms with Crippen molar-refractivity contribution in [2.24, 2.45) is 5.10 Å². The molecule has 0 aliphatic carbocycles. The highest BCUT2D eigenvalue weighted by atomic mass is 79.9. The third-order valence-corrected chi connectivity index (χ3v) is 3.98. The lowest BCUT2D eigenvalue weighted by atomic mass is 10.1. The Hall–Kier alpha value is -2.34. The van der Waals surface area contributed by atoms with Crippen molar-refractivity contribution in [2.45, 2.75) is 20.3 Å². The van der Waals surface area contributed by atoms with E-state index in [2.05, 4.69) is 26.5 Å². The Kier molecular flexibility index (Phi) is 7.01. The lowest BCUT2D eigenvalue weighted by Gasteiger charge is -2.09. The van der Waals surface area contributed by atoms with Crippen LogP contribution in [0.25, 0.3) is 0 Å². The third kappa shape index (κ3) is 6.23. The van der Waals surface area contributed by atoms with Crippen molar-refractivity contribution >= 4 is 27.5 Å². The van der Waals surface area contributed by atoms with Crippen molar-refractivity contribution in [1.82, 2.24) is 5.43 Å². The van der Waals surface area contributed by atoms with Gasteiger partial charge in [0.25, 0.3) is 5.91 Å². The Bertz CT molecular complexity index is 758. The largest absolute Gasteiger partial charge is 0.497 e. The zero-order chi connectivity index (χ0) is 18.2. The second-order valence-electron chi connectivity index (χ2n) is 5.61. The minimum absolute atomic E-state index is 0.0816. The molecule has 2 aromatic rings. The minimum Gasteiger partial charge on any atom is -0.497 e. The van der Waals surface area contributed by atoms with Crippen LogP contribution in [0.3, 0.4) is 0 Å². The van der Waals surface area contributed by atoms with Gasteiger partial charge in [-0.3, -0.25) is 4.79 Å². The van der Waals surface area contributed by atoms with Crippen LogP contribution in [0.1, 0.15) is 18.1 Å². The van der Waals surface area contributed by atoms with Gasteiger partial charge in [0.1, 0.15) is 11.5 Å². The van der Waals surface area contributed by atoms with E-state index < -0.39 is 0 Å². The van der Waals surface area contributed by atoms with Crippen LogP contribution in [0.4, 0.5) is 0 Å². The highest BCUT2D eigenvalue weighted by molar-refractivity contribution is 9.10. The number of amides is 1. The van der Waals surface area contributed by atoms with Gasteiger partial charge in [-0.15, -0.1) is 0 Å². The standard InChI is InChI=1S/C19H21BrN2O3/c1-13-10-16(20)6-9-18(13)25-12-19(23)22-21-14(2)11-15-4-7-17(24-3)8-5-15/h4-10H,11-12H2,1-3H3,(H,22,23)/b21-14+. The van der Waals surface area contributed by atoms with Crippen molar-refractivity contribution in [3.8, 4) is 11.5 Å². The monoisotopic (exact) mass is 404 g/mol. The Morgan fingerprint density at radius 2 is 1.92 bits per heavy atom. The number of benzene rings is 2. The van der Waals surface area contributed by atoms with Crippen LogP contribution in [0, 0.1) is 6.92 Å². The first-order valence-electron chi connectivity index (χ1n) is 7.82. The van der Waals surface area contributed by atoms with Crippen LogP contribution in [0.15, 0.2) is 52.0 Å². The predicted octanol–water partition coefficient (Wildman–Crippen LogP) is 3.88. The first-order valence-corrected chi connectivity index (χ1v) is 8.61. The summed E-state index contributed by atoms with van der Waals surface area (Å²) in [6, 6.07) is 13.4. The second-order valence-corrected chi connectivity index (χ2v) is 6.52. The molecule has 2 rings (SSSR count). The number of aryl methyl sites for hydroxylation is 1. The zero-order valence-corrected chi connectivity index (χ0v) is 16.1. The van der Waals surface area contributed by atoms with E-state index in [1.165, 1.54) is 0 Å². The van der Waals surface area contributed by atoms with E-state index in [0.29, 0.717) is 12.2 Å². The normalized spacial score (nSPS) is 11.1. The number of hydrogen-bond donors (Lipinski definition) is 1. The van der Waals surface area contributed by atoms with Crippen LogP contribution in [0.5, 0.6) is 11.5 Å². The van der Waals surface area contributed by atoms with Gasteiger partial charge in [-0.05, 0) is 55.3 Å². The number of nitrogens with one attached hydrogen (secondary N) is 1. The number of carbonyl (C=O) groups excluding carboxylic acids is 1. The molecule has 5 nitrogen and oxygen atoms in total. The van der Waals surface area contributed by atoms with E-state index in [4.69, 9.17) is 9.47 Å². The predicted molar refractivity (Wildman–Crippen MR) is 102 cm³/mol. The van der Waals surface area contributed by atoms with E-state index in [1.807, 2.05) is 56.3 Å².